The van der Waals surface area contributed by atoms with Crippen LogP contribution in [-0.4, -0.2) is 219 Å². The first kappa shape index (κ1) is 62.0. The van der Waals surface area contributed by atoms with E-state index in [0.29, 0.717) is 5.56 Å². The zero-order valence-corrected chi connectivity index (χ0v) is 44.7. The molecule has 4 aromatic carbocycles. The molecule has 15 atom stereocenters. The van der Waals surface area contributed by atoms with Gasteiger partial charge in [0.25, 0.3) is 0 Å². The number of phenols is 4. The number of aromatic hydroxyl groups is 4. The number of esters is 2. The fourth-order valence-corrected chi connectivity index (χ4v) is 9.11. The van der Waals surface area contributed by atoms with Crippen LogP contribution in [0, 0.1) is 0 Å². The fourth-order valence-electron chi connectivity index (χ4n) is 9.11. The number of fused-ring (bicyclic) bond motifs is 1. The van der Waals surface area contributed by atoms with E-state index in [2.05, 4.69) is 0 Å². The third kappa shape index (κ3) is 13.2. The Morgan fingerprint density at radius 1 is 0.560 bits per heavy atom. The fraction of sp³-hybridized carbons (Fsp3) is 0.400. The Morgan fingerprint density at radius 2 is 1.06 bits per heavy atom. The van der Waals surface area contributed by atoms with E-state index in [1.165, 1.54) is 89.1 Å². The maximum Gasteiger partial charge on any atom is 0.331 e. The lowest BCUT2D eigenvalue weighted by atomic mass is 9.97. The van der Waals surface area contributed by atoms with E-state index in [1.807, 2.05) is 0 Å². The molecule has 5 aromatic rings. The molecule has 0 bridgehead atoms. The molecule has 0 amide bonds. The first-order chi connectivity index (χ1) is 40.1. The second-order valence-corrected chi connectivity index (χ2v) is 19.0. The van der Waals surface area contributed by atoms with Crippen LogP contribution in [0.3, 0.4) is 0 Å². The summed E-state index contributed by atoms with van der Waals surface area (Å²) in [6, 6.07) is 12.3. The number of benzene rings is 4. The van der Waals surface area contributed by atoms with E-state index >= 15 is 0 Å². The van der Waals surface area contributed by atoms with Gasteiger partial charge in [0.05, 0.1) is 41.7 Å². The van der Waals surface area contributed by atoms with Crippen LogP contribution < -0.4 is 33.8 Å². The number of phenolic OH excluding ortho intramolecular Hbond substituents is 4. The van der Waals surface area contributed by atoms with Crippen molar-refractivity contribution in [1.29, 1.82) is 0 Å². The maximum absolute atomic E-state index is 14.8. The molecule has 3 aliphatic heterocycles. The number of carbonyl (C=O) groups is 2. The van der Waals surface area contributed by atoms with E-state index in [1.54, 1.807) is 0 Å². The average molecular weight is 1190 g/mol. The summed E-state index contributed by atoms with van der Waals surface area (Å²) in [5, 5.41) is 139. The highest BCUT2D eigenvalue weighted by molar-refractivity contribution is 5.89. The van der Waals surface area contributed by atoms with Gasteiger partial charge in [-0.1, -0.05) is 0 Å². The summed E-state index contributed by atoms with van der Waals surface area (Å²) in [5.41, 5.74) is -1.05. The van der Waals surface area contributed by atoms with Crippen molar-refractivity contribution in [2.75, 3.05) is 48.3 Å². The molecule has 0 aliphatic carbocycles. The number of methoxy groups -OCH3 is 4. The molecule has 1 aromatic heterocycles. The highest BCUT2D eigenvalue weighted by Crippen LogP contribution is 2.42. The monoisotopic (exact) mass is 1180 g/mol. The van der Waals surface area contributed by atoms with E-state index in [-0.39, 0.29) is 57.1 Å². The minimum atomic E-state index is -2.17. The Morgan fingerprint density at radius 3 is 1.60 bits per heavy atom. The Balaban J connectivity index is 1.07. The first-order valence-corrected chi connectivity index (χ1v) is 25.3. The molecular weight excluding hydrogens is 1120 g/mol. The van der Waals surface area contributed by atoms with Gasteiger partial charge in [0.1, 0.15) is 95.9 Å². The lowest BCUT2D eigenvalue weighted by Gasteiger charge is -2.46. The van der Waals surface area contributed by atoms with Crippen LogP contribution in [-0.2, 0) is 38.0 Å². The molecule has 0 unspecified atom stereocenters. The molecule has 454 valence electrons. The average Bonchev–Trinajstić information content (AvgIpc) is 1.83. The molecule has 13 N–H and O–H groups in total. The standard InChI is InChI=1S/C55H60O29/c1-72-29-13-22(14-30(73-2)39(29)62)5-11-36(60)76-21-35-43(66)45(68)48(71)53(81-35)77-26-17-27(59)38-28(18-26)78-49(24-7-9-25(58)10-8-24)50(44(38)67)83-55-52(47(70)42(65)34(20-57)80-55)84-54-51(46(69)41(64)33(19-56)79-54)82-37(61)12-6-23-15-31(74-3)40(63)32(16-23)75-4/h5-18,33-35,41-43,45-48,51-59,62-66,68-71H,19-21H2,1-4H3/t33-,34-,35-,41-,42-,43-,45+,46+,47+,48-,51-,52-,53-,54+,55+/m1/s1. The summed E-state index contributed by atoms with van der Waals surface area (Å²) in [6.07, 6.45) is -24.7. The molecule has 8 rings (SSSR count). The summed E-state index contributed by atoms with van der Waals surface area (Å²) < 4.78 is 72.7. The Bertz CT molecular complexity index is 3200. The molecule has 3 saturated heterocycles. The van der Waals surface area contributed by atoms with E-state index in [9.17, 15) is 80.8 Å². The van der Waals surface area contributed by atoms with E-state index < -0.39 is 158 Å². The van der Waals surface area contributed by atoms with Gasteiger partial charge >= 0.3 is 11.9 Å². The largest absolute Gasteiger partial charge is 0.508 e. The summed E-state index contributed by atoms with van der Waals surface area (Å²) in [7, 11) is 5.16. The number of aliphatic hydroxyl groups excluding tert-OH is 9. The maximum atomic E-state index is 14.8. The van der Waals surface area contributed by atoms with Crippen LogP contribution >= 0.6 is 0 Å². The number of carbonyl (C=O) groups excluding carboxylic acids is 2. The zero-order chi connectivity index (χ0) is 60.8. The Hall–Kier alpha value is -8.01. The minimum Gasteiger partial charge on any atom is -0.508 e. The highest BCUT2D eigenvalue weighted by atomic mass is 16.8. The number of hydrogen-bond donors (Lipinski definition) is 13. The van der Waals surface area contributed by atoms with Crippen molar-refractivity contribution >= 4 is 35.1 Å². The molecule has 84 heavy (non-hydrogen) atoms. The number of hydrogen-bond acceptors (Lipinski definition) is 29. The van der Waals surface area contributed by atoms with Gasteiger partial charge in [-0.3, -0.25) is 4.79 Å². The van der Waals surface area contributed by atoms with Crippen molar-refractivity contribution in [3.05, 3.63) is 94.2 Å². The second-order valence-electron chi connectivity index (χ2n) is 19.0. The van der Waals surface area contributed by atoms with Gasteiger partial charge in [-0.15, -0.1) is 0 Å². The lowest BCUT2D eigenvalue weighted by Crippen LogP contribution is -2.65. The van der Waals surface area contributed by atoms with Gasteiger partial charge in [0.2, 0.25) is 35.3 Å². The SMILES string of the molecule is COc1cc(C=CC(=O)OC[C@H]2O[C@@H](Oc3cc(O)c4c(=O)c(O[C@@H]5O[C@H](CO)[C@@H](O)[C@H](O)[C@H]5O[C@@H]5O[C@H](CO)[C@@H](O)[C@H](O)[C@H]5OC(=O)C=Cc5cc(OC)c(O)c(OC)c5)c(-c5ccc(O)cc5)oc4c3)[C@H](O)[C@@H](O)[C@@H]2O)cc(OC)c1O. The Labute approximate surface area is 474 Å². The van der Waals surface area contributed by atoms with Gasteiger partial charge in [-0.25, -0.2) is 9.59 Å². The smallest absolute Gasteiger partial charge is 0.331 e. The zero-order valence-electron chi connectivity index (χ0n) is 44.7. The van der Waals surface area contributed by atoms with Crippen LogP contribution in [0.1, 0.15) is 11.1 Å². The predicted molar refractivity (Wildman–Crippen MR) is 281 cm³/mol. The molecule has 3 fully saturated rings. The molecule has 0 saturated carbocycles. The molecular formula is C55H60O29. The summed E-state index contributed by atoms with van der Waals surface area (Å²) in [6.45, 7) is -2.65. The normalized spacial score (nSPS) is 28.0. The topological polar surface area (TPSA) is 438 Å². The second kappa shape index (κ2) is 26.7. The van der Waals surface area contributed by atoms with Gasteiger partial charge in [0, 0.05) is 29.8 Å². The summed E-state index contributed by atoms with van der Waals surface area (Å²) in [5.74, 6) is -5.57. The highest BCUT2D eigenvalue weighted by Gasteiger charge is 2.53. The van der Waals surface area contributed by atoms with Crippen LogP contribution in [0.15, 0.2) is 82.0 Å². The van der Waals surface area contributed by atoms with Crippen molar-refractivity contribution < 1.29 is 137 Å². The van der Waals surface area contributed by atoms with Gasteiger partial charge in [-0.05, 0) is 71.8 Å². The lowest BCUT2D eigenvalue weighted by molar-refractivity contribution is -0.358. The van der Waals surface area contributed by atoms with Crippen molar-refractivity contribution in [2.45, 2.75) is 92.1 Å². The van der Waals surface area contributed by atoms with E-state index in [4.69, 9.17) is 61.3 Å². The van der Waals surface area contributed by atoms with Crippen molar-refractivity contribution in [1.82, 2.24) is 0 Å². The number of ether oxygens (including phenoxy) is 12. The summed E-state index contributed by atoms with van der Waals surface area (Å²) in [4.78, 5) is 40.9. The van der Waals surface area contributed by atoms with Crippen LogP contribution in [0.5, 0.6) is 57.5 Å². The third-order valence-electron chi connectivity index (χ3n) is 13.6. The van der Waals surface area contributed by atoms with Crippen LogP contribution in [0.25, 0.3) is 34.4 Å². The van der Waals surface area contributed by atoms with Crippen molar-refractivity contribution in [3.8, 4) is 68.8 Å². The quantitative estimate of drug-likeness (QED) is 0.0329. The molecule has 29 nitrogen and oxygen atoms in total. The number of aliphatic hydroxyl groups is 9. The van der Waals surface area contributed by atoms with Gasteiger partial charge in [0.15, 0.2) is 47.3 Å². The molecule has 4 heterocycles. The molecule has 3 aliphatic rings. The molecule has 0 radical (unpaired) electrons. The van der Waals surface area contributed by atoms with Crippen molar-refractivity contribution in [2.24, 2.45) is 0 Å². The van der Waals surface area contributed by atoms with Crippen LogP contribution in [0.4, 0.5) is 0 Å². The molecule has 29 heteroatoms. The van der Waals surface area contributed by atoms with Gasteiger partial charge < -0.3 is 128 Å². The van der Waals surface area contributed by atoms with Crippen molar-refractivity contribution in [3.63, 3.8) is 0 Å². The Kier molecular flexibility index (Phi) is 19.7. The third-order valence-corrected chi connectivity index (χ3v) is 13.6. The van der Waals surface area contributed by atoms with Gasteiger partial charge in [-0.2, -0.15) is 0 Å². The minimum absolute atomic E-state index is 0.0131. The van der Waals surface area contributed by atoms with Crippen LogP contribution in [0.2, 0.25) is 0 Å². The summed E-state index contributed by atoms with van der Waals surface area (Å²) >= 11 is 0. The number of rotatable bonds is 20. The predicted octanol–water partition coefficient (Wildman–Crippen LogP) is -0.973. The van der Waals surface area contributed by atoms with E-state index in [0.717, 1.165) is 24.3 Å². The molecule has 0 spiro atoms. The first-order valence-electron chi connectivity index (χ1n) is 25.3.